The van der Waals surface area contributed by atoms with Crippen molar-refractivity contribution in [1.82, 2.24) is 0 Å². The zero-order valence-corrected chi connectivity index (χ0v) is 12.1. The van der Waals surface area contributed by atoms with E-state index in [-0.39, 0.29) is 11.9 Å². The minimum atomic E-state index is -0.224. The molecule has 0 fully saturated rings. The number of azide groups is 1. The van der Waals surface area contributed by atoms with Crippen molar-refractivity contribution >= 4 is 5.97 Å². The van der Waals surface area contributed by atoms with Crippen LogP contribution in [0.3, 0.4) is 0 Å². The van der Waals surface area contributed by atoms with Crippen molar-refractivity contribution in [3.8, 4) is 0 Å². The molecule has 0 aliphatic carbocycles. The van der Waals surface area contributed by atoms with E-state index >= 15 is 0 Å². The number of rotatable bonds is 8. The molecule has 1 aromatic carbocycles. The van der Waals surface area contributed by atoms with Gasteiger partial charge in [0.2, 0.25) is 0 Å². The largest absolute Gasteiger partial charge is 0.469 e. The van der Waals surface area contributed by atoms with Crippen molar-refractivity contribution in [3.63, 3.8) is 0 Å². The molecule has 0 bridgehead atoms. The number of unbranched alkanes of at least 4 members (excludes halogenated alkanes) is 2. The van der Waals surface area contributed by atoms with Gasteiger partial charge in [0.05, 0.1) is 13.0 Å². The number of ether oxygens (including phenoxy) is 1. The molecule has 1 aromatic rings. The zero-order valence-electron chi connectivity index (χ0n) is 12.1. The predicted molar refractivity (Wildman–Crippen MR) is 78.4 cm³/mol. The number of hydrogen-bond acceptors (Lipinski definition) is 3. The maximum Gasteiger partial charge on any atom is 0.312 e. The Hall–Kier alpha value is -2.00. The van der Waals surface area contributed by atoms with E-state index in [1.54, 1.807) is 0 Å². The highest BCUT2D eigenvalue weighted by Crippen LogP contribution is 2.18. The highest BCUT2D eigenvalue weighted by Gasteiger charge is 2.14. The SMILES string of the molecule is COC(=O)C(C)c1ccc(CCCCCN=[N+]=[N-])cc1. The minimum Gasteiger partial charge on any atom is -0.469 e. The summed E-state index contributed by atoms with van der Waals surface area (Å²) in [5, 5.41) is 3.51. The van der Waals surface area contributed by atoms with E-state index in [1.165, 1.54) is 12.7 Å². The second-order valence-electron chi connectivity index (χ2n) is 4.75. The van der Waals surface area contributed by atoms with E-state index < -0.39 is 0 Å². The topological polar surface area (TPSA) is 75.1 Å². The summed E-state index contributed by atoms with van der Waals surface area (Å²) >= 11 is 0. The molecule has 0 aromatic heterocycles. The summed E-state index contributed by atoms with van der Waals surface area (Å²) in [6.45, 7) is 2.42. The van der Waals surface area contributed by atoms with Gasteiger partial charge >= 0.3 is 5.97 Å². The Kier molecular flexibility index (Phi) is 7.22. The monoisotopic (exact) mass is 275 g/mol. The van der Waals surface area contributed by atoms with Crippen molar-refractivity contribution in [2.45, 2.75) is 38.5 Å². The number of aryl methyl sites for hydroxylation is 1. The molecule has 5 nitrogen and oxygen atoms in total. The maximum atomic E-state index is 11.4. The minimum absolute atomic E-state index is 0.212. The fourth-order valence-corrected chi connectivity index (χ4v) is 2.02. The van der Waals surface area contributed by atoms with Crippen LogP contribution < -0.4 is 0 Å². The Morgan fingerprint density at radius 1 is 1.30 bits per heavy atom. The fourth-order valence-electron chi connectivity index (χ4n) is 2.02. The van der Waals surface area contributed by atoms with Gasteiger partial charge in [-0.2, -0.15) is 0 Å². The van der Waals surface area contributed by atoms with Crippen LogP contribution in [-0.2, 0) is 16.0 Å². The van der Waals surface area contributed by atoms with Gasteiger partial charge in [-0.15, -0.1) is 0 Å². The lowest BCUT2D eigenvalue weighted by atomic mass is 9.98. The molecule has 0 heterocycles. The summed E-state index contributed by atoms with van der Waals surface area (Å²) in [6, 6.07) is 8.08. The van der Waals surface area contributed by atoms with Crippen LogP contribution in [0.4, 0.5) is 0 Å². The number of carbonyl (C=O) groups excluding carboxylic acids is 1. The van der Waals surface area contributed by atoms with Crippen LogP contribution in [0, 0.1) is 0 Å². The molecule has 0 saturated heterocycles. The first-order valence-corrected chi connectivity index (χ1v) is 6.86. The Balaban J connectivity index is 2.39. The number of carbonyl (C=O) groups is 1. The molecule has 1 atom stereocenters. The standard InChI is InChI=1S/C15H21N3O2/c1-12(15(19)20-2)14-9-7-13(8-10-14)6-4-3-5-11-17-18-16/h7-10,12H,3-6,11H2,1-2H3. The summed E-state index contributed by atoms with van der Waals surface area (Å²) in [6.07, 6.45) is 4.07. The van der Waals surface area contributed by atoms with E-state index in [2.05, 4.69) is 22.2 Å². The van der Waals surface area contributed by atoms with Gasteiger partial charge in [0.25, 0.3) is 0 Å². The van der Waals surface area contributed by atoms with Crippen molar-refractivity contribution in [2.24, 2.45) is 5.11 Å². The molecule has 108 valence electrons. The van der Waals surface area contributed by atoms with Gasteiger partial charge < -0.3 is 4.74 Å². The number of nitrogens with zero attached hydrogens (tertiary/aromatic N) is 3. The highest BCUT2D eigenvalue weighted by molar-refractivity contribution is 5.77. The van der Waals surface area contributed by atoms with E-state index in [0.717, 1.165) is 31.2 Å². The normalized spacial score (nSPS) is 11.5. The van der Waals surface area contributed by atoms with Crippen molar-refractivity contribution in [2.75, 3.05) is 13.7 Å². The second-order valence-corrected chi connectivity index (χ2v) is 4.75. The molecular formula is C15H21N3O2. The van der Waals surface area contributed by atoms with Gasteiger partial charge in [-0.05, 0) is 42.8 Å². The number of methoxy groups -OCH3 is 1. The summed E-state index contributed by atoms with van der Waals surface area (Å²) in [4.78, 5) is 14.2. The van der Waals surface area contributed by atoms with E-state index in [1.807, 2.05) is 19.1 Å². The molecule has 0 radical (unpaired) electrons. The average Bonchev–Trinajstić information content (AvgIpc) is 2.50. The molecule has 0 spiro atoms. The zero-order chi connectivity index (χ0) is 14.8. The van der Waals surface area contributed by atoms with Crippen molar-refractivity contribution in [1.29, 1.82) is 0 Å². The Labute approximate surface area is 119 Å². The van der Waals surface area contributed by atoms with Crippen LogP contribution in [-0.4, -0.2) is 19.6 Å². The maximum absolute atomic E-state index is 11.4. The van der Waals surface area contributed by atoms with Gasteiger partial charge in [0.1, 0.15) is 0 Å². The lowest BCUT2D eigenvalue weighted by molar-refractivity contribution is -0.141. The van der Waals surface area contributed by atoms with Crippen LogP contribution >= 0.6 is 0 Å². The predicted octanol–water partition coefficient (Wildman–Crippen LogP) is 3.99. The molecule has 1 unspecified atom stereocenters. The molecular weight excluding hydrogens is 254 g/mol. The summed E-state index contributed by atoms with van der Waals surface area (Å²) in [5.41, 5.74) is 10.4. The third-order valence-corrected chi connectivity index (χ3v) is 3.32. The third-order valence-electron chi connectivity index (χ3n) is 3.32. The van der Waals surface area contributed by atoms with Crippen LogP contribution in [0.2, 0.25) is 0 Å². The van der Waals surface area contributed by atoms with E-state index in [0.29, 0.717) is 6.54 Å². The molecule has 20 heavy (non-hydrogen) atoms. The van der Waals surface area contributed by atoms with Crippen molar-refractivity contribution in [3.05, 3.63) is 45.8 Å². The molecule has 0 amide bonds. The van der Waals surface area contributed by atoms with Gasteiger partial charge in [-0.25, -0.2) is 0 Å². The summed E-state index contributed by atoms with van der Waals surface area (Å²) < 4.78 is 4.74. The Morgan fingerprint density at radius 3 is 2.60 bits per heavy atom. The lowest BCUT2D eigenvalue weighted by Gasteiger charge is -2.10. The molecule has 0 aliphatic heterocycles. The van der Waals surface area contributed by atoms with Gasteiger partial charge in [0, 0.05) is 11.5 Å². The molecule has 1 rings (SSSR count). The van der Waals surface area contributed by atoms with Crippen LogP contribution in [0.1, 0.15) is 43.2 Å². The molecule has 5 heteroatoms. The molecule has 0 N–H and O–H groups in total. The smallest absolute Gasteiger partial charge is 0.312 e. The van der Waals surface area contributed by atoms with Crippen LogP contribution in [0.25, 0.3) is 10.4 Å². The average molecular weight is 275 g/mol. The number of hydrogen-bond donors (Lipinski definition) is 0. The lowest BCUT2D eigenvalue weighted by Crippen LogP contribution is -2.10. The van der Waals surface area contributed by atoms with E-state index in [9.17, 15) is 4.79 Å². The first kappa shape index (κ1) is 16.1. The van der Waals surface area contributed by atoms with E-state index in [4.69, 9.17) is 10.3 Å². The first-order chi connectivity index (χ1) is 9.69. The van der Waals surface area contributed by atoms with Crippen LogP contribution in [0.5, 0.6) is 0 Å². The third kappa shape index (κ3) is 5.33. The second kappa shape index (κ2) is 8.99. The van der Waals surface area contributed by atoms with Gasteiger partial charge in [-0.1, -0.05) is 35.8 Å². The Bertz CT molecular complexity index is 465. The Morgan fingerprint density at radius 2 is 2.00 bits per heavy atom. The molecule has 0 saturated carbocycles. The highest BCUT2D eigenvalue weighted by atomic mass is 16.5. The quantitative estimate of drug-likeness (QED) is 0.236. The molecule has 0 aliphatic rings. The summed E-state index contributed by atoms with van der Waals surface area (Å²) in [5.74, 6) is -0.436. The van der Waals surface area contributed by atoms with Crippen molar-refractivity contribution < 1.29 is 9.53 Å². The fraction of sp³-hybridized carbons (Fsp3) is 0.533. The van der Waals surface area contributed by atoms with Crippen LogP contribution in [0.15, 0.2) is 29.4 Å². The van der Waals surface area contributed by atoms with Gasteiger partial charge in [-0.3, -0.25) is 4.79 Å². The van der Waals surface area contributed by atoms with Gasteiger partial charge in [0.15, 0.2) is 0 Å². The first-order valence-electron chi connectivity index (χ1n) is 6.86. The number of benzene rings is 1. The number of esters is 1. The summed E-state index contributed by atoms with van der Waals surface area (Å²) in [7, 11) is 1.41.